The quantitative estimate of drug-likeness (QED) is 0.536. The number of carbonyl (C=O) groups is 1. The zero-order valence-electron chi connectivity index (χ0n) is 13.8. The van der Waals surface area contributed by atoms with E-state index in [0.29, 0.717) is 17.7 Å². The molecule has 1 aliphatic heterocycles. The zero-order valence-corrected chi connectivity index (χ0v) is 14.6. The van der Waals surface area contributed by atoms with Crippen LogP contribution in [0.15, 0.2) is 73.1 Å². The molecule has 0 unspecified atom stereocenters. The summed E-state index contributed by atoms with van der Waals surface area (Å²) in [7, 11) is 0. The Hall–Kier alpha value is -2.98. The number of anilines is 1. The van der Waals surface area contributed by atoms with Gasteiger partial charge in [0.1, 0.15) is 5.82 Å². The molecule has 1 amide bonds. The fourth-order valence-corrected chi connectivity index (χ4v) is 2.94. The second-order valence-electron chi connectivity index (χ2n) is 5.95. The Morgan fingerprint density at radius 2 is 1.65 bits per heavy atom. The highest BCUT2D eigenvalue weighted by atomic mass is 35.5. The van der Waals surface area contributed by atoms with E-state index >= 15 is 0 Å². The van der Waals surface area contributed by atoms with Gasteiger partial charge in [-0.1, -0.05) is 30.3 Å². The molecule has 0 saturated carbocycles. The van der Waals surface area contributed by atoms with Crippen LogP contribution in [-0.2, 0) is 11.3 Å². The predicted octanol–water partition coefficient (Wildman–Crippen LogP) is 0.658. The molecule has 4 rings (SSSR count). The summed E-state index contributed by atoms with van der Waals surface area (Å²) in [5.41, 5.74) is 3.97. The van der Waals surface area contributed by atoms with Crippen molar-refractivity contribution in [1.29, 1.82) is 0 Å². The van der Waals surface area contributed by atoms with Crippen LogP contribution in [0.1, 0.15) is 16.7 Å². The smallest absolute Gasteiger partial charge is 0.256 e. The highest BCUT2D eigenvalue weighted by Crippen LogP contribution is 2.32. The molecule has 26 heavy (non-hydrogen) atoms. The number of pyridine rings is 1. The van der Waals surface area contributed by atoms with Gasteiger partial charge in [-0.05, 0) is 29.8 Å². The molecule has 2 aromatic carbocycles. The van der Waals surface area contributed by atoms with Gasteiger partial charge in [0, 0.05) is 29.0 Å². The third-order valence-corrected chi connectivity index (χ3v) is 4.25. The van der Waals surface area contributed by atoms with Gasteiger partial charge in [0.25, 0.3) is 5.91 Å². The van der Waals surface area contributed by atoms with Crippen molar-refractivity contribution in [3.05, 3.63) is 95.6 Å². The van der Waals surface area contributed by atoms with Gasteiger partial charge in [-0.2, -0.15) is 0 Å². The molecule has 130 valence electrons. The van der Waals surface area contributed by atoms with Gasteiger partial charge >= 0.3 is 0 Å². The monoisotopic (exact) mass is 366 g/mol. The van der Waals surface area contributed by atoms with Crippen molar-refractivity contribution in [3.63, 3.8) is 0 Å². The Balaban J connectivity index is 0.00000196. The summed E-state index contributed by atoms with van der Waals surface area (Å²) < 4.78 is 15.6. The average molecular weight is 367 g/mol. The van der Waals surface area contributed by atoms with E-state index in [4.69, 9.17) is 0 Å². The molecule has 3 nitrogen and oxygen atoms in total. The lowest BCUT2D eigenvalue weighted by Gasteiger charge is -2.01. The van der Waals surface area contributed by atoms with Gasteiger partial charge in [-0.25, -0.2) is 8.96 Å². The number of carbonyl (C=O) groups excluding carboxylic acids is 1. The number of nitrogens with zero attached hydrogens (tertiary/aromatic N) is 1. The maximum atomic E-state index is 13.7. The summed E-state index contributed by atoms with van der Waals surface area (Å²) in [6.45, 7) is 0.465. The van der Waals surface area contributed by atoms with E-state index in [1.807, 2.05) is 65.5 Å². The van der Waals surface area contributed by atoms with Crippen LogP contribution in [0.4, 0.5) is 10.1 Å². The minimum atomic E-state index is -0.208. The molecular formula is C21H16ClFN2O. The molecule has 2 heterocycles. The molecule has 0 aliphatic carbocycles. The maximum absolute atomic E-state index is 13.7. The highest BCUT2D eigenvalue weighted by molar-refractivity contribution is 6.34. The summed E-state index contributed by atoms with van der Waals surface area (Å²) in [5.74, 6) is -0.301. The first-order chi connectivity index (χ1) is 12.2. The zero-order chi connectivity index (χ0) is 17.2. The lowest BCUT2D eigenvalue weighted by Crippen LogP contribution is -3.00. The molecule has 0 bridgehead atoms. The first-order valence-electron chi connectivity index (χ1n) is 8.06. The molecular weight excluding hydrogens is 351 g/mol. The Morgan fingerprint density at radius 1 is 0.962 bits per heavy atom. The van der Waals surface area contributed by atoms with E-state index in [1.165, 1.54) is 6.07 Å². The first kappa shape index (κ1) is 17.8. The van der Waals surface area contributed by atoms with Crippen LogP contribution in [0.5, 0.6) is 0 Å². The number of aromatic nitrogens is 1. The topological polar surface area (TPSA) is 33.0 Å². The third-order valence-electron chi connectivity index (χ3n) is 4.25. The van der Waals surface area contributed by atoms with Gasteiger partial charge in [0.05, 0.1) is 5.56 Å². The third kappa shape index (κ3) is 3.51. The Bertz CT molecular complexity index is 983. The SMILES string of the molecule is O=C1Nc2ccccc2/C1=C\c1cc[n+](Cc2ccccc2F)cc1.[Cl-]. The molecule has 0 spiro atoms. The van der Waals surface area contributed by atoms with Crippen LogP contribution in [-0.4, -0.2) is 5.91 Å². The molecule has 0 atom stereocenters. The van der Waals surface area contributed by atoms with Gasteiger partial charge in [-0.3, -0.25) is 4.79 Å². The van der Waals surface area contributed by atoms with Crippen molar-refractivity contribution < 1.29 is 26.2 Å². The molecule has 1 aliphatic rings. The Labute approximate surface area is 157 Å². The Morgan fingerprint density at radius 3 is 2.42 bits per heavy atom. The second kappa shape index (κ2) is 7.50. The van der Waals surface area contributed by atoms with Crippen molar-refractivity contribution >= 4 is 23.2 Å². The number of rotatable bonds is 3. The van der Waals surface area contributed by atoms with Crippen LogP contribution in [0.25, 0.3) is 11.6 Å². The fraction of sp³-hybridized carbons (Fsp3) is 0.0476. The fourth-order valence-electron chi connectivity index (χ4n) is 2.94. The number of amides is 1. The largest absolute Gasteiger partial charge is 1.00 e. The molecule has 1 N–H and O–H groups in total. The van der Waals surface area contributed by atoms with Crippen molar-refractivity contribution in [2.75, 3.05) is 5.32 Å². The number of halogens is 2. The van der Waals surface area contributed by atoms with Crippen molar-refractivity contribution in [1.82, 2.24) is 0 Å². The summed E-state index contributed by atoms with van der Waals surface area (Å²) in [6.07, 6.45) is 5.64. The van der Waals surface area contributed by atoms with Crippen molar-refractivity contribution in [2.24, 2.45) is 0 Å². The number of fused-ring (bicyclic) bond motifs is 1. The molecule has 0 radical (unpaired) electrons. The summed E-state index contributed by atoms with van der Waals surface area (Å²) in [6, 6.07) is 18.2. The molecule has 0 saturated heterocycles. The average Bonchev–Trinajstić information content (AvgIpc) is 2.94. The molecule has 5 heteroatoms. The number of hydrogen-bond acceptors (Lipinski definition) is 1. The van der Waals surface area contributed by atoms with Crippen LogP contribution < -0.4 is 22.3 Å². The van der Waals surface area contributed by atoms with Gasteiger partial charge in [-0.15, -0.1) is 0 Å². The van der Waals surface area contributed by atoms with Crippen molar-refractivity contribution in [2.45, 2.75) is 6.54 Å². The maximum Gasteiger partial charge on any atom is 0.256 e. The molecule has 3 aromatic rings. The number of para-hydroxylation sites is 1. The number of hydrogen-bond donors (Lipinski definition) is 1. The summed E-state index contributed by atoms with van der Waals surface area (Å²) >= 11 is 0. The van der Waals surface area contributed by atoms with E-state index in [2.05, 4.69) is 5.32 Å². The number of nitrogens with one attached hydrogen (secondary N) is 1. The van der Waals surface area contributed by atoms with E-state index in [9.17, 15) is 9.18 Å². The summed E-state index contributed by atoms with van der Waals surface area (Å²) in [5, 5.41) is 2.86. The van der Waals surface area contributed by atoms with Crippen LogP contribution in [0.2, 0.25) is 0 Å². The van der Waals surface area contributed by atoms with Gasteiger partial charge < -0.3 is 17.7 Å². The molecule has 0 fully saturated rings. The highest BCUT2D eigenvalue weighted by Gasteiger charge is 2.23. The van der Waals surface area contributed by atoms with E-state index in [0.717, 1.165) is 16.8 Å². The molecule has 1 aromatic heterocycles. The van der Waals surface area contributed by atoms with E-state index < -0.39 is 0 Å². The normalized spacial score (nSPS) is 13.9. The second-order valence-corrected chi connectivity index (χ2v) is 5.95. The Kier molecular flexibility index (Phi) is 5.14. The van der Waals surface area contributed by atoms with E-state index in [1.54, 1.807) is 12.1 Å². The minimum absolute atomic E-state index is 0. The van der Waals surface area contributed by atoms with Crippen LogP contribution >= 0.6 is 0 Å². The van der Waals surface area contributed by atoms with Gasteiger partial charge in [0.15, 0.2) is 18.9 Å². The van der Waals surface area contributed by atoms with Crippen LogP contribution in [0.3, 0.4) is 0 Å². The van der Waals surface area contributed by atoms with E-state index in [-0.39, 0.29) is 24.1 Å². The number of benzene rings is 2. The predicted molar refractivity (Wildman–Crippen MR) is 95.1 cm³/mol. The van der Waals surface area contributed by atoms with Gasteiger partial charge in [0.2, 0.25) is 0 Å². The van der Waals surface area contributed by atoms with Crippen LogP contribution in [0, 0.1) is 5.82 Å². The van der Waals surface area contributed by atoms with Crippen molar-refractivity contribution in [3.8, 4) is 0 Å². The minimum Gasteiger partial charge on any atom is -1.00 e. The summed E-state index contributed by atoms with van der Waals surface area (Å²) in [4.78, 5) is 12.2. The first-order valence-corrected chi connectivity index (χ1v) is 8.06. The lowest BCUT2D eigenvalue weighted by molar-refractivity contribution is -0.688. The lowest BCUT2D eigenvalue weighted by atomic mass is 10.0. The standard InChI is InChI=1S/C21H15FN2O.ClH/c22-19-7-3-1-5-16(19)14-24-11-9-15(10-12-24)13-18-17-6-2-4-8-20(17)23-21(18)25;/h1-13H,14H2;1H.